The van der Waals surface area contributed by atoms with Crippen LogP contribution in [-0.4, -0.2) is 24.0 Å². The van der Waals surface area contributed by atoms with Crippen molar-refractivity contribution in [3.05, 3.63) is 0 Å². The Morgan fingerprint density at radius 2 is 2.08 bits per heavy atom. The highest BCUT2D eigenvalue weighted by atomic mass is 16.1. The number of ketones is 1. The highest BCUT2D eigenvalue weighted by molar-refractivity contribution is 6.39. The number of carbonyl (C=O) groups excluding carboxylic acids is 1. The molecule has 0 spiro atoms. The van der Waals surface area contributed by atoms with Crippen LogP contribution in [0.25, 0.3) is 0 Å². The molecule has 1 aliphatic rings. The molecule has 0 aromatic heterocycles. The average Bonchev–Trinajstić information content (AvgIpc) is 2.10. The number of rotatable bonds is 1. The Balaban J connectivity index is 2.94. The van der Waals surface area contributed by atoms with E-state index in [0.717, 1.165) is 0 Å². The highest BCUT2D eigenvalue weighted by Gasteiger charge is 2.15. The fraction of sp³-hybridized carbons (Fsp3) is 0.500. The molecule has 0 unspecified atom stereocenters. The minimum Gasteiger partial charge on any atom is -0.291 e. The number of hydrogen-bond acceptors (Lipinski definition) is 4. The van der Waals surface area contributed by atoms with Crippen molar-refractivity contribution >= 4 is 24.0 Å². The second kappa shape index (κ2) is 2.97. The van der Waals surface area contributed by atoms with Crippen LogP contribution in [0.15, 0.2) is 15.2 Å². The van der Waals surface area contributed by atoms with Gasteiger partial charge in [0, 0.05) is 24.8 Å². The van der Waals surface area contributed by atoms with Crippen molar-refractivity contribution in [2.75, 3.05) is 0 Å². The quantitative estimate of drug-likeness (QED) is 0.573. The van der Waals surface area contributed by atoms with Gasteiger partial charge in [0.2, 0.25) is 5.84 Å². The van der Waals surface area contributed by atoms with Gasteiger partial charge in [-0.3, -0.25) is 4.79 Å². The number of carbonyl (C=O) groups is 1. The Labute approximate surface area is 71.1 Å². The summed E-state index contributed by atoms with van der Waals surface area (Å²) in [6.45, 7) is 5.31. The Bertz CT molecular complexity index is 287. The van der Waals surface area contributed by atoms with Gasteiger partial charge in [0.25, 0.3) is 0 Å². The zero-order chi connectivity index (χ0) is 9.19. The van der Waals surface area contributed by atoms with E-state index in [1.165, 1.54) is 6.92 Å². The molecule has 4 heteroatoms. The minimum atomic E-state index is -0.222. The van der Waals surface area contributed by atoms with Gasteiger partial charge < -0.3 is 0 Å². The molecule has 0 amide bonds. The second-order valence-electron chi connectivity index (χ2n) is 3.30. The SMILES string of the molecule is CC(=O)C1=NN=CC(C)(C)C=N1. The van der Waals surface area contributed by atoms with Gasteiger partial charge in [-0.2, -0.15) is 5.10 Å². The number of aliphatic imine (C=N–C) groups is 1. The molecule has 1 aliphatic heterocycles. The summed E-state index contributed by atoms with van der Waals surface area (Å²) < 4.78 is 0. The van der Waals surface area contributed by atoms with Gasteiger partial charge in [-0.25, -0.2) is 4.99 Å². The molecule has 0 aromatic rings. The van der Waals surface area contributed by atoms with E-state index in [4.69, 9.17) is 0 Å². The molecule has 0 aromatic carbocycles. The Hall–Kier alpha value is -1.32. The van der Waals surface area contributed by atoms with Crippen LogP contribution in [0.1, 0.15) is 20.8 Å². The molecular formula is C8H11N3O. The predicted molar refractivity (Wildman–Crippen MR) is 48.9 cm³/mol. The first-order chi connectivity index (χ1) is 5.51. The second-order valence-corrected chi connectivity index (χ2v) is 3.30. The monoisotopic (exact) mass is 165 g/mol. The van der Waals surface area contributed by atoms with Crippen molar-refractivity contribution in [2.24, 2.45) is 20.6 Å². The summed E-state index contributed by atoms with van der Waals surface area (Å²) in [6, 6.07) is 0. The zero-order valence-electron chi connectivity index (χ0n) is 7.40. The van der Waals surface area contributed by atoms with Crippen LogP contribution < -0.4 is 0 Å². The summed E-state index contributed by atoms with van der Waals surface area (Å²) >= 11 is 0. The van der Waals surface area contributed by atoms with Gasteiger partial charge in [0.15, 0.2) is 5.78 Å². The van der Waals surface area contributed by atoms with Crippen molar-refractivity contribution < 1.29 is 4.79 Å². The van der Waals surface area contributed by atoms with Gasteiger partial charge in [-0.15, -0.1) is 5.10 Å². The maximum atomic E-state index is 10.8. The van der Waals surface area contributed by atoms with E-state index in [1.54, 1.807) is 12.4 Å². The summed E-state index contributed by atoms with van der Waals surface area (Å²) in [5, 5.41) is 7.40. The number of Topliss-reactive ketones (excluding diaryl/α,β-unsaturated/α-hetero) is 1. The summed E-state index contributed by atoms with van der Waals surface area (Å²) in [5.41, 5.74) is -0.222. The van der Waals surface area contributed by atoms with Crippen molar-refractivity contribution in [1.82, 2.24) is 0 Å². The lowest BCUT2D eigenvalue weighted by molar-refractivity contribution is -0.111. The Kier molecular flexibility index (Phi) is 2.17. The van der Waals surface area contributed by atoms with Crippen LogP contribution >= 0.6 is 0 Å². The van der Waals surface area contributed by atoms with E-state index >= 15 is 0 Å². The van der Waals surface area contributed by atoms with Crippen molar-refractivity contribution in [3.63, 3.8) is 0 Å². The third-order valence-corrected chi connectivity index (χ3v) is 1.38. The maximum absolute atomic E-state index is 10.8. The van der Waals surface area contributed by atoms with E-state index in [1.807, 2.05) is 13.8 Å². The molecule has 0 saturated carbocycles. The van der Waals surface area contributed by atoms with E-state index in [2.05, 4.69) is 15.2 Å². The number of amidine groups is 1. The first-order valence-electron chi connectivity index (χ1n) is 3.70. The van der Waals surface area contributed by atoms with Crippen molar-refractivity contribution in [1.29, 1.82) is 0 Å². The van der Waals surface area contributed by atoms with Gasteiger partial charge >= 0.3 is 0 Å². The van der Waals surface area contributed by atoms with Crippen molar-refractivity contribution in [2.45, 2.75) is 20.8 Å². The summed E-state index contributed by atoms with van der Waals surface area (Å²) in [7, 11) is 0. The van der Waals surface area contributed by atoms with E-state index < -0.39 is 0 Å². The molecule has 1 rings (SSSR count). The van der Waals surface area contributed by atoms with E-state index in [-0.39, 0.29) is 17.0 Å². The Morgan fingerprint density at radius 1 is 1.42 bits per heavy atom. The molecular weight excluding hydrogens is 154 g/mol. The zero-order valence-corrected chi connectivity index (χ0v) is 7.40. The molecule has 0 radical (unpaired) electrons. The molecule has 4 nitrogen and oxygen atoms in total. The van der Waals surface area contributed by atoms with Gasteiger partial charge in [0.1, 0.15) is 0 Å². The lowest BCUT2D eigenvalue weighted by Crippen LogP contribution is -2.15. The van der Waals surface area contributed by atoms with Crippen LogP contribution in [0.4, 0.5) is 0 Å². The first kappa shape index (κ1) is 8.77. The topological polar surface area (TPSA) is 54.1 Å². The molecule has 0 atom stereocenters. The van der Waals surface area contributed by atoms with Gasteiger partial charge in [-0.05, 0) is 13.8 Å². The normalized spacial score (nSPS) is 20.1. The fourth-order valence-corrected chi connectivity index (χ4v) is 0.680. The highest BCUT2D eigenvalue weighted by Crippen LogP contribution is 2.10. The van der Waals surface area contributed by atoms with Crippen LogP contribution in [0.2, 0.25) is 0 Å². The molecule has 0 N–H and O–H groups in total. The summed E-state index contributed by atoms with van der Waals surface area (Å²) in [4.78, 5) is 14.8. The molecule has 0 saturated heterocycles. The van der Waals surface area contributed by atoms with Crippen LogP contribution in [-0.2, 0) is 4.79 Å². The minimum absolute atomic E-state index is 0.164. The van der Waals surface area contributed by atoms with E-state index in [9.17, 15) is 4.79 Å². The number of nitrogens with zero attached hydrogens (tertiary/aromatic N) is 3. The smallest absolute Gasteiger partial charge is 0.217 e. The molecule has 0 fully saturated rings. The molecule has 1 heterocycles. The maximum Gasteiger partial charge on any atom is 0.217 e. The first-order valence-corrected chi connectivity index (χ1v) is 3.70. The predicted octanol–water partition coefficient (Wildman–Crippen LogP) is 1.07. The largest absolute Gasteiger partial charge is 0.291 e. The van der Waals surface area contributed by atoms with Crippen molar-refractivity contribution in [3.8, 4) is 0 Å². The lowest BCUT2D eigenvalue weighted by atomic mass is 9.98. The molecule has 12 heavy (non-hydrogen) atoms. The molecule has 0 bridgehead atoms. The van der Waals surface area contributed by atoms with Crippen LogP contribution in [0, 0.1) is 5.41 Å². The standard InChI is InChI=1S/C8H11N3O/c1-6(12)7-9-4-8(2,3)5-10-11-7/h4-5H,1-3H3. The lowest BCUT2D eigenvalue weighted by Gasteiger charge is -2.08. The fourth-order valence-electron chi connectivity index (χ4n) is 0.680. The van der Waals surface area contributed by atoms with Crippen LogP contribution in [0.5, 0.6) is 0 Å². The third kappa shape index (κ3) is 2.08. The third-order valence-electron chi connectivity index (χ3n) is 1.38. The van der Waals surface area contributed by atoms with Gasteiger partial charge in [-0.1, -0.05) is 0 Å². The van der Waals surface area contributed by atoms with E-state index in [0.29, 0.717) is 0 Å². The summed E-state index contributed by atoms with van der Waals surface area (Å²) in [6.07, 6.45) is 3.33. The van der Waals surface area contributed by atoms with Gasteiger partial charge in [0.05, 0.1) is 0 Å². The van der Waals surface area contributed by atoms with Crippen LogP contribution in [0.3, 0.4) is 0 Å². The molecule has 0 aliphatic carbocycles. The molecule has 64 valence electrons. The number of hydrogen-bond donors (Lipinski definition) is 0. The summed E-state index contributed by atoms with van der Waals surface area (Å²) in [5.74, 6) is -0.00192. The average molecular weight is 165 g/mol. The Morgan fingerprint density at radius 3 is 2.67 bits per heavy atom.